The highest BCUT2D eigenvalue weighted by molar-refractivity contribution is 6.06. The molecule has 0 fully saturated rings. The van der Waals surface area contributed by atoms with E-state index in [0.29, 0.717) is 29.1 Å². The first-order valence-electron chi connectivity index (χ1n) is 10.0. The van der Waals surface area contributed by atoms with Crippen molar-refractivity contribution < 1.29 is 14.3 Å². The van der Waals surface area contributed by atoms with Crippen LogP contribution in [0.5, 0.6) is 5.75 Å². The Labute approximate surface area is 184 Å². The molecule has 32 heavy (non-hydrogen) atoms. The van der Waals surface area contributed by atoms with Crippen LogP contribution < -0.4 is 15.4 Å². The van der Waals surface area contributed by atoms with Gasteiger partial charge in [0.05, 0.1) is 12.3 Å². The van der Waals surface area contributed by atoms with Gasteiger partial charge in [-0.1, -0.05) is 0 Å². The van der Waals surface area contributed by atoms with Crippen molar-refractivity contribution in [3.8, 4) is 11.4 Å². The molecule has 4 aromatic rings. The van der Waals surface area contributed by atoms with Crippen molar-refractivity contribution in [3.63, 3.8) is 0 Å². The van der Waals surface area contributed by atoms with Crippen LogP contribution in [0.2, 0.25) is 0 Å². The van der Waals surface area contributed by atoms with Crippen molar-refractivity contribution in [2.24, 2.45) is 0 Å². The molecular weight excluding hydrogens is 406 g/mol. The van der Waals surface area contributed by atoms with Crippen LogP contribution in [0, 0.1) is 0 Å². The standard InChI is InChI=1S/C24H21N5O3/c1-2-32-22-13-9-20(10-14-22)28-23(30)17-3-7-19(8-4-17)27-24(31)18-5-11-21(12-6-18)29-16-25-15-26-29/h3-16H,2H2,1H3,(H,27,31)(H,28,30). The predicted octanol–water partition coefficient (Wildman–Crippen LogP) is 4.17. The predicted molar refractivity (Wildman–Crippen MR) is 121 cm³/mol. The number of hydrogen-bond donors (Lipinski definition) is 2. The highest BCUT2D eigenvalue weighted by Crippen LogP contribution is 2.18. The molecule has 0 radical (unpaired) electrons. The van der Waals surface area contributed by atoms with Gasteiger partial charge in [-0.05, 0) is 79.7 Å². The smallest absolute Gasteiger partial charge is 0.255 e. The van der Waals surface area contributed by atoms with Crippen LogP contribution in [0.15, 0.2) is 85.5 Å². The van der Waals surface area contributed by atoms with Gasteiger partial charge in [-0.2, -0.15) is 5.10 Å². The number of rotatable bonds is 7. The summed E-state index contributed by atoms with van der Waals surface area (Å²) >= 11 is 0. The third kappa shape index (κ3) is 4.99. The quantitative estimate of drug-likeness (QED) is 0.461. The summed E-state index contributed by atoms with van der Waals surface area (Å²) in [5.41, 5.74) is 3.06. The summed E-state index contributed by atoms with van der Waals surface area (Å²) in [7, 11) is 0. The van der Waals surface area contributed by atoms with Crippen LogP contribution in [0.25, 0.3) is 5.69 Å². The van der Waals surface area contributed by atoms with E-state index in [1.807, 2.05) is 6.92 Å². The maximum absolute atomic E-state index is 12.5. The number of benzene rings is 3. The van der Waals surface area contributed by atoms with Gasteiger partial charge < -0.3 is 15.4 Å². The summed E-state index contributed by atoms with van der Waals surface area (Å²) in [6.07, 6.45) is 3.03. The van der Waals surface area contributed by atoms with Crippen molar-refractivity contribution in [1.29, 1.82) is 0 Å². The molecule has 0 aliphatic heterocycles. The summed E-state index contributed by atoms with van der Waals surface area (Å²) in [5, 5.41) is 9.72. The number of aromatic nitrogens is 3. The van der Waals surface area contributed by atoms with Crippen molar-refractivity contribution in [2.45, 2.75) is 6.92 Å². The minimum Gasteiger partial charge on any atom is -0.494 e. The van der Waals surface area contributed by atoms with Crippen LogP contribution in [0.3, 0.4) is 0 Å². The van der Waals surface area contributed by atoms with E-state index in [1.165, 1.54) is 6.33 Å². The fourth-order valence-electron chi connectivity index (χ4n) is 3.02. The molecule has 8 heteroatoms. The summed E-state index contributed by atoms with van der Waals surface area (Å²) < 4.78 is 7.01. The van der Waals surface area contributed by atoms with Gasteiger partial charge in [0.1, 0.15) is 18.4 Å². The Kier molecular flexibility index (Phi) is 6.22. The normalized spacial score (nSPS) is 10.4. The molecule has 1 heterocycles. The van der Waals surface area contributed by atoms with E-state index < -0.39 is 0 Å². The van der Waals surface area contributed by atoms with E-state index in [1.54, 1.807) is 83.8 Å². The molecule has 3 aromatic carbocycles. The molecule has 0 bridgehead atoms. The van der Waals surface area contributed by atoms with Gasteiger partial charge in [0.15, 0.2) is 0 Å². The topological polar surface area (TPSA) is 98.1 Å². The maximum Gasteiger partial charge on any atom is 0.255 e. The lowest BCUT2D eigenvalue weighted by molar-refractivity contribution is 0.102. The van der Waals surface area contributed by atoms with Gasteiger partial charge in [-0.15, -0.1) is 0 Å². The second-order valence-corrected chi connectivity index (χ2v) is 6.83. The number of carbonyl (C=O) groups is 2. The van der Waals surface area contributed by atoms with Crippen molar-refractivity contribution in [3.05, 3.63) is 96.6 Å². The Morgan fingerprint density at radius 1 is 0.812 bits per heavy atom. The van der Waals surface area contributed by atoms with Gasteiger partial charge in [0, 0.05) is 22.5 Å². The average molecular weight is 427 g/mol. The van der Waals surface area contributed by atoms with E-state index in [2.05, 4.69) is 20.7 Å². The van der Waals surface area contributed by atoms with Crippen LogP contribution in [0.4, 0.5) is 11.4 Å². The lowest BCUT2D eigenvalue weighted by atomic mass is 10.1. The Hall–Kier alpha value is -4.46. The first kappa shape index (κ1) is 20.8. The van der Waals surface area contributed by atoms with E-state index >= 15 is 0 Å². The molecular formula is C24H21N5O3. The Morgan fingerprint density at radius 3 is 1.84 bits per heavy atom. The number of hydrogen-bond acceptors (Lipinski definition) is 5. The number of anilines is 2. The zero-order valence-electron chi connectivity index (χ0n) is 17.4. The first-order chi connectivity index (χ1) is 15.6. The minimum atomic E-state index is -0.248. The molecule has 0 saturated heterocycles. The van der Waals surface area contributed by atoms with Crippen molar-refractivity contribution in [1.82, 2.24) is 14.8 Å². The minimum absolute atomic E-state index is 0.240. The Bertz CT molecular complexity index is 1190. The van der Waals surface area contributed by atoms with E-state index in [9.17, 15) is 9.59 Å². The third-order valence-electron chi connectivity index (χ3n) is 4.64. The molecule has 0 unspecified atom stereocenters. The Morgan fingerprint density at radius 2 is 1.34 bits per heavy atom. The molecule has 1 aromatic heterocycles. The summed E-state index contributed by atoms with van der Waals surface area (Å²) in [5.74, 6) is 0.260. The summed E-state index contributed by atoms with van der Waals surface area (Å²) in [6, 6.07) is 20.9. The molecule has 0 spiro atoms. The van der Waals surface area contributed by atoms with E-state index in [4.69, 9.17) is 4.74 Å². The fourth-order valence-corrected chi connectivity index (χ4v) is 3.02. The lowest BCUT2D eigenvalue weighted by Crippen LogP contribution is -2.13. The molecule has 2 N–H and O–H groups in total. The molecule has 8 nitrogen and oxygen atoms in total. The average Bonchev–Trinajstić information content (AvgIpc) is 3.36. The molecule has 4 rings (SSSR count). The van der Waals surface area contributed by atoms with E-state index in [0.717, 1.165) is 11.4 Å². The molecule has 0 atom stereocenters. The van der Waals surface area contributed by atoms with Gasteiger partial charge >= 0.3 is 0 Å². The monoisotopic (exact) mass is 427 g/mol. The zero-order valence-corrected chi connectivity index (χ0v) is 17.4. The number of carbonyl (C=O) groups excluding carboxylic acids is 2. The Balaban J connectivity index is 1.35. The molecule has 160 valence electrons. The third-order valence-corrected chi connectivity index (χ3v) is 4.64. The van der Waals surface area contributed by atoms with Crippen molar-refractivity contribution >= 4 is 23.2 Å². The molecule has 0 aliphatic carbocycles. The fraction of sp³-hybridized carbons (Fsp3) is 0.0833. The van der Waals surface area contributed by atoms with Crippen LogP contribution in [0.1, 0.15) is 27.6 Å². The van der Waals surface area contributed by atoms with Crippen molar-refractivity contribution in [2.75, 3.05) is 17.2 Å². The second kappa shape index (κ2) is 9.57. The largest absolute Gasteiger partial charge is 0.494 e. The first-order valence-corrected chi connectivity index (χ1v) is 10.0. The molecule has 2 amide bonds. The van der Waals surface area contributed by atoms with Crippen LogP contribution in [-0.2, 0) is 0 Å². The molecule has 0 aliphatic rings. The summed E-state index contributed by atoms with van der Waals surface area (Å²) in [6.45, 7) is 2.50. The number of ether oxygens (including phenoxy) is 1. The second-order valence-electron chi connectivity index (χ2n) is 6.83. The van der Waals surface area contributed by atoms with Gasteiger partial charge in [-0.25, -0.2) is 9.67 Å². The number of nitrogens with one attached hydrogen (secondary N) is 2. The highest BCUT2D eigenvalue weighted by Gasteiger charge is 2.09. The highest BCUT2D eigenvalue weighted by atomic mass is 16.5. The van der Waals surface area contributed by atoms with Crippen LogP contribution in [-0.4, -0.2) is 33.2 Å². The SMILES string of the molecule is CCOc1ccc(NC(=O)c2ccc(NC(=O)c3ccc(-n4cncn4)cc3)cc2)cc1. The maximum atomic E-state index is 12.5. The number of amides is 2. The van der Waals surface area contributed by atoms with Gasteiger partial charge in [-0.3, -0.25) is 9.59 Å². The number of nitrogens with zero attached hydrogens (tertiary/aromatic N) is 3. The van der Waals surface area contributed by atoms with E-state index in [-0.39, 0.29) is 11.8 Å². The lowest BCUT2D eigenvalue weighted by Gasteiger charge is -2.09. The van der Waals surface area contributed by atoms with Crippen LogP contribution >= 0.6 is 0 Å². The van der Waals surface area contributed by atoms with Gasteiger partial charge in [0.25, 0.3) is 11.8 Å². The van der Waals surface area contributed by atoms with Gasteiger partial charge in [0.2, 0.25) is 0 Å². The zero-order chi connectivity index (χ0) is 22.3. The molecule has 0 saturated carbocycles. The summed E-state index contributed by atoms with van der Waals surface area (Å²) in [4.78, 5) is 28.9.